The van der Waals surface area contributed by atoms with Gasteiger partial charge >= 0.3 is 10.4 Å². The zero-order valence-corrected chi connectivity index (χ0v) is 28.6. The van der Waals surface area contributed by atoms with Gasteiger partial charge in [0.15, 0.2) is 6.29 Å². The third-order valence-electron chi connectivity index (χ3n) is 8.18. The number of allylic oxidation sites excluding steroid dienone is 1. The van der Waals surface area contributed by atoms with Crippen LogP contribution in [0.3, 0.4) is 0 Å². The maximum absolute atomic E-state index is 12.9. The Labute approximate surface area is 275 Å². The monoisotopic (exact) mass is 683 g/mol. The Kier molecular flexibility index (Phi) is 23.2. The number of carbonyl (C=O) groups is 1. The van der Waals surface area contributed by atoms with Crippen LogP contribution in [-0.2, 0) is 28.9 Å². The second kappa shape index (κ2) is 24.9. The fourth-order valence-electron chi connectivity index (χ4n) is 5.34. The lowest BCUT2D eigenvalue weighted by Gasteiger charge is -2.41. The molecule has 8 unspecified atom stereocenters. The van der Waals surface area contributed by atoms with Gasteiger partial charge in [-0.15, -0.1) is 0 Å². The van der Waals surface area contributed by atoms with Gasteiger partial charge in [0.1, 0.15) is 30.5 Å². The molecule has 1 saturated heterocycles. The molecule has 0 aliphatic carbocycles. The van der Waals surface area contributed by atoms with Gasteiger partial charge in [-0.05, 0) is 19.3 Å². The van der Waals surface area contributed by atoms with Gasteiger partial charge in [-0.2, -0.15) is 8.42 Å². The van der Waals surface area contributed by atoms with Crippen LogP contribution in [0.25, 0.3) is 0 Å². The summed E-state index contributed by atoms with van der Waals surface area (Å²) in [5, 5.41) is 54.3. The average Bonchev–Trinajstić information content (AvgIpc) is 3.01. The minimum absolute atomic E-state index is 0.245. The summed E-state index contributed by atoms with van der Waals surface area (Å²) < 4.78 is 46.9. The summed E-state index contributed by atoms with van der Waals surface area (Å²) in [6, 6.07) is -1.11. The van der Waals surface area contributed by atoms with Crippen molar-refractivity contribution >= 4 is 16.3 Å². The molecule has 0 radical (unpaired) electrons. The van der Waals surface area contributed by atoms with Crippen LogP contribution in [0, 0.1) is 0 Å². The topological polar surface area (TPSA) is 212 Å². The third-order valence-corrected chi connectivity index (χ3v) is 8.64. The molecule has 0 bridgehead atoms. The van der Waals surface area contributed by atoms with Crippen LogP contribution < -0.4 is 5.32 Å². The highest BCUT2D eigenvalue weighted by Gasteiger charge is 2.48. The predicted octanol–water partition coefficient (Wildman–Crippen LogP) is 3.06. The van der Waals surface area contributed by atoms with Crippen molar-refractivity contribution in [3.8, 4) is 0 Å². The van der Waals surface area contributed by atoms with E-state index in [4.69, 9.17) is 14.0 Å². The molecule has 272 valence electrons. The van der Waals surface area contributed by atoms with Crippen molar-refractivity contribution in [1.82, 2.24) is 5.32 Å². The van der Waals surface area contributed by atoms with Gasteiger partial charge in [-0.3, -0.25) is 9.35 Å². The number of aliphatic hydroxyl groups excluding tert-OH is 5. The van der Waals surface area contributed by atoms with E-state index in [1.807, 2.05) is 0 Å². The summed E-state index contributed by atoms with van der Waals surface area (Å²) in [6.45, 7) is 3.02. The van der Waals surface area contributed by atoms with Crippen molar-refractivity contribution in [1.29, 1.82) is 0 Å². The molecule has 0 aromatic rings. The summed E-state index contributed by atoms with van der Waals surface area (Å²) in [5.74, 6) is -0.712. The first-order chi connectivity index (χ1) is 21.9. The highest BCUT2D eigenvalue weighted by molar-refractivity contribution is 7.80. The normalized spacial score (nSPS) is 24.2. The van der Waals surface area contributed by atoms with Crippen molar-refractivity contribution in [3.63, 3.8) is 0 Å². The smallest absolute Gasteiger partial charge is 0.394 e. The van der Waals surface area contributed by atoms with Crippen LogP contribution in [0.2, 0.25) is 0 Å². The van der Waals surface area contributed by atoms with Gasteiger partial charge in [-0.1, -0.05) is 116 Å². The number of ether oxygens (including phenoxy) is 2. The Hall–Kier alpha value is -1.20. The number of aliphatic hydroxyl groups is 5. The summed E-state index contributed by atoms with van der Waals surface area (Å²) in [6.07, 6.45) is 9.63. The molecule has 1 fully saturated rings. The van der Waals surface area contributed by atoms with Crippen molar-refractivity contribution in [2.45, 2.75) is 172 Å². The Bertz CT molecular complexity index is 921. The van der Waals surface area contributed by atoms with Crippen molar-refractivity contribution in [2.75, 3.05) is 13.2 Å². The number of hydrogen-bond acceptors (Lipinski definition) is 11. The van der Waals surface area contributed by atoms with E-state index in [9.17, 15) is 38.7 Å². The minimum Gasteiger partial charge on any atom is -0.394 e. The molecule has 13 nitrogen and oxygen atoms in total. The molecule has 0 spiro atoms. The van der Waals surface area contributed by atoms with Crippen molar-refractivity contribution in [2.24, 2.45) is 0 Å². The van der Waals surface area contributed by atoms with Gasteiger partial charge in [0.2, 0.25) is 5.91 Å². The maximum atomic E-state index is 12.9. The molecular formula is C32H61NO12S. The molecule has 46 heavy (non-hydrogen) atoms. The standard InChI is InChI=1S/C32H61NO12S/c1-3-5-7-9-10-11-12-13-14-15-17-19-21-26(36)31(39)33-24(25(35)20-18-16-8-6-4-2)23-43-32-29(38)30(45-46(40,41)42)28(37)27(22-34)44-32/h18,20,24-30,32,34-38H,3-17,19,21-23H2,1-2H3,(H,33,39)(H,40,41,42)/b20-18+. The van der Waals surface area contributed by atoms with Gasteiger partial charge in [0.05, 0.1) is 25.4 Å². The van der Waals surface area contributed by atoms with Crippen molar-refractivity contribution in [3.05, 3.63) is 12.2 Å². The number of carbonyl (C=O) groups excluding carboxylic acids is 1. The maximum Gasteiger partial charge on any atom is 0.397 e. The van der Waals surface area contributed by atoms with Crippen molar-refractivity contribution < 1.29 is 57.0 Å². The first-order valence-electron chi connectivity index (χ1n) is 17.2. The van der Waals surface area contributed by atoms with Crippen LogP contribution in [-0.4, -0.2) is 107 Å². The predicted molar refractivity (Wildman–Crippen MR) is 173 cm³/mol. The Morgan fingerprint density at radius 1 is 0.870 bits per heavy atom. The second-order valence-electron chi connectivity index (χ2n) is 12.3. The van der Waals surface area contributed by atoms with Crippen LogP contribution in [0.15, 0.2) is 12.2 Å². The van der Waals surface area contributed by atoms with Crippen LogP contribution in [0.1, 0.15) is 123 Å². The molecular weight excluding hydrogens is 622 g/mol. The second-order valence-corrected chi connectivity index (χ2v) is 13.3. The number of unbranched alkanes of at least 4 members (excludes halogenated alkanes) is 14. The lowest BCUT2D eigenvalue weighted by Crippen LogP contribution is -2.61. The summed E-state index contributed by atoms with van der Waals surface area (Å²) in [4.78, 5) is 12.9. The minimum atomic E-state index is -5.10. The lowest BCUT2D eigenvalue weighted by molar-refractivity contribution is -0.298. The molecule has 7 N–H and O–H groups in total. The zero-order chi connectivity index (χ0) is 34.4. The van der Waals surface area contributed by atoms with E-state index in [0.29, 0.717) is 12.8 Å². The number of hydrogen-bond donors (Lipinski definition) is 7. The number of rotatable bonds is 27. The molecule has 14 heteroatoms. The number of amides is 1. The zero-order valence-electron chi connectivity index (χ0n) is 27.7. The van der Waals surface area contributed by atoms with Gasteiger partial charge in [0.25, 0.3) is 0 Å². The SMILES string of the molecule is CCCCC/C=C/C(O)C(COC1OC(CO)C(O)C(OS(=O)(=O)O)C1O)NC(=O)C(O)CCCCCCCCCCCCCC. The van der Waals surface area contributed by atoms with E-state index in [-0.39, 0.29) is 6.42 Å². The van der Waals surface area contributed by atoms with Crippen LogP contribution in [0.4, 0.5) is 0 Å². The Morgan fingerprint density at radius 3 is 1.96 bits per heavy atom. The first kappa shape index (κ1) is 42.8. The van der Waals surface area contributed by atoms with Gasteiger partial charge in [0, 0.05) is 0 Å². The molecule has 0 saturated carbocycles. The fourth-order valence-corrected chi connectivity index (χ4v) is 5.85. The highest BCUT2D eigenvalue weighted by Crippen LogP contribution is 2.26. The van der Waals surface area contributed by atoms with E-state index in [2.05, 4.69) is 23.3 Å². The highest BCUT2D eigenvalue weighted by atomic mass is 32.3. The van der Waals surface area contributed by atoms with E-state index < -0.39 is 78.5 Å². The molecule has 8 atom stereocenters. The van der Waals surface area contributed by atoms with Crippen LogP contribution in [0.5, 0.6) is 0 Å². The van der Waals surface area contributed by atoms with Crippen LogP contribution >= 0.6 is 0 Å². The van der Waals surface area contributed by atoms with Gasteiger partial charge < -0.3 is 40.3 Å². The average molecular weight is 684 g/mol. The van der Waals surface area contributed by atoms with Gasteiger partial charge in [-0.25, -0.2) is 4.18 Å². The molecule has 0 aromatic heterocycles. The van der Waals surface area contributed by atoms with E-state index in [1.54, 1.807) is 6.08 Å². The van der Waals surface area contributed by atoms with E-state index in [0.717, 1.165) is 38.5 Å². The number of nitrogens with one attached hydrogen (secondary N) is 1. The lowest BCUT2D eigenvalue weighted by atomic mass is 9.99. The molecule has 1 aliphatic rings. The van der Waals surface area contributed by atoms with E-state index in [1.165, 1.54) is 57.4 Å². The first-order valence-corrected chi connectivity index (χ1v) is 18.5. The van der Waals surface area contributed by atoms with E-state index >= 15 is 0 Å². The molecule has 1 amide bonds. The molecule has 1 aliphatic heterocycles. The largest absolute Gasteiger partial charge is 0.397 e. The Balaban J connectivity index is 2.67. The third kappa shape index (κ3) is 18.4. The molecule has 1 rings (SSSR count). The quantitative estimate of drug-likeness (QED) is 0.0378. The molecule has 0 aromatic carbocycles. The summed E-state index contributed by atoms with van der Waals surface area (Å²) >= 11 is 0. The fraction of sp³-hybridized carbons (Fsp3) is 0.906. The summed E-state index contributed by atoms with van der Waals surface area (Å²) in [7, 11) is -5.10. The molecule has 1 heterocycles. The Morgan fingerprint density at radius 2 is 1.41 bits per heavy atom. The summed E-state index contributed by atoms with van der Waals surface area (Å²) in [5.41, 5.74) is 0.